The first-order chi connectivity index (χ1) is 15.5. The second-order valence-corrected chi connectivity index (χ2v) is 9.65. The largest absolute Gasteiger partial charge is 0.482 e. The van der Waals surface area contributed by atoms with Crippen LogP contribution in [0.4, 0.5) is 5.69 Å². The molecule has 2 heterocycles. The van der Waals surface area contributed by atoms with E-state index in [0.29, 0.717) is 23.2 Å². The summed E-state index contributed by atoms with van der Waals surface area (Å²) < 4.78 is 39.2. The van der Waals surface area contributed by atoms with Gasteiger partial charge in [-0.15, -0.1) is 0 Å². The van der Waals surface area contributed by atoms with Crippen LogP contribution >= 0.6 is 0 Å². The normalized spacial score (nSPS) is 16.4. The summed E-state index contributed by atoms with van der Waals surface area (Å²) >= 11 is 0. The van der Waals surface area contributed by atoms with Crippen molar-refractivity contribution in [1.29, 1.82) is 0 Å². The van der Waals surface area contributed by atoms with Crippen LogP contribution in [0.2, 0.25) is 0 Å². The van der Waals surface area contributed by atoms with Crippen LogP contribution < -0.4 is 14.4 Å². The lowest BCUT2D eigenvalue weighted by Gasteiger charge is -2.28. The van der Waals surface area contributed by atoms with Gasteiger partial charge in [0.25, 0.3) is 5.91 Å². The first-order valence-corrected chi connectivity index (χ1v) is 11.9. The minimum Gasteiger partial charge on any atom is -0.482 e. The van der Waals surface area contributed by atoms with Crippen molar-refractivity contribution in [2.45, 2.75) is 43.2 Å². The number of nitrogens with one attached hydrogen (secondary N) is 1. The fourth-order valence-corrected chi connectivity index (χ4v) is 4.71. The molecule has 0 spiro atoms. The zero-order valence-corrected chi connectivity index (χ0v) is 18.0. The van der Waals surface area contributed by atoms with E-state index in [0.717, 1.165) is 24.8 Å². The minimum absolute atomic E-state index is 0.0405. The Balaban J connectivity index is 1.38. The van der Waals surface area contributed by atoms with Crippen molar-refractivity contribution in [3.8, 4) is 5.75 Å². The molecular weight excluding hydrogens is 432 g/mol. The van der Waals surface area contributed by atoms with Crippen LogP contribution in [-0.2, 0) is 27.9 Å². The monoisotopic (exact) mass is 454 g/mol. The molecule has 32 heavy (non-hydrogen) atoms. The molecule has 0 bridgehead atoms. The number of fused-ring (bicyclic) bond motifs is 1. The summed E-state index contributed by atoms with van der Waals surface area (Å²) in [5.74, 6) is 1.38. The maximum Gasteiger partial charge on any atom is 0.265 e. The van der Waals surface area contributed by atoms with Crippen molar-refractivity contribution in [2.24, 2.45) is 0 Å². The SMILES string of the molecule is O=C1COc2ccc(S(=O)(=O)NCc3ccccc3)cc2N1Cc1noc(C2CCC2)n1. The molecule has 0 saturated heterocycles. The van der Waals surface area contributed by atoms with Gasteiger partial charge < -0.3 is 9.26 Å². The molecule has 1 aromatic heterocycles. The van der Waals surface area contributed by atoms with Gasteiger partial charge in [-0.3, -0.25) is 9.69 Å². The predicted molar refractivity (Wildman–Crippen MR) is 114 cm³/mol. The molecule has 1 aliphatic carbocycles. The zero-order chi connectivity index (χ0) is 22.1. The van der Waals surface area contributed by atoms with Crippen molar-refractivity contribution in [1.82, 2.24) is 14.9 Å². The summed E-state index contributed by atoms with van der Waals surface area (Å²) in [5.41, 5.74) is 1.20. The molecular formula is C22H22N4O5S. The molecule has 1 saturated carbocycles. The lowest BCUT2D eigenvalue weighted by molar-refractivity contribution is -0.121. The van der Waals surface area contributed by atoms with Crippen LogP contribution in [0.1, 0.15) is 42.5 Å². The van der Waals surface area contributed by atoms with Gasteiger partial charge in [-0.1, -0.05) is 41.9 Å². The summed E-state index contributed by atoms with van der Waals surface area (Å²) in [6.45, 7) is 0.0945. The molecule has 2 aromatic carbocycles. The zero-order valence-electron chi connectivity index (χ0n) is 17.2. The van der Waals surface area contributed by atoms with Crippen LogP contribution in [0.25, 0.3) is 0 Å². The summed E-state index contributed by atoms with van der Waals surface area (Å²) in [6, 6.07) is 13.7. The molecule has 10 heteroatoms. The first-order valence-electron chi connectivity index (χ1n) is 10.4. The van der Waals surface area contributed by atoms with Gasteiger partial charge in [0.1, 0.15) is 5.75 Å². The van der Waals surface area contributed by atoms with Crippen LogP contribution in [0, 0.1) is 0 Å². The van der Waals surface area contributed by atoms with E-state index in [1.165, 1.54) is 17.0 Å². The van der Waals surface area contributed by atoms with E-state index in [9.17, 15) is 13.2 Å². The molecule has 1 aliphatic heterocycles. The number of hydrogen-bond acceptors (Lipinski definition) is 7. The summed E-state index contributed by atoms with van der Waals surface area (Å²) in [6.07, 6.45) is 3.20. The Bertz CT molecular complexity index is 1240. The van der Waals surface area contributed by atoms with Gasteiger partial charge in [0, 0.05) is 12.5 Å². The number of carbonyl (C=O) groups is 1. The van der Waals surface area contributed by atoms with E-state index >= 15 is 0 Å². The number of hydrogen-bond donors (Lipinski definition) is 1. The fraction of sp³-hybridized carbons (Fsp3) is 0.318. The summed E-state index contributed by atoms with van der Waals surface area (Å²) in [4.78, 5) is 18.5. The lowest BCUT2D eigenvalue weighted by Crippen LogP contribution is -2.38. The van der Waals surface area contributed by atoms with E-state index < -0.39 is 10.0 Å². The molecule has 1 amide bonds. The molecule has 1 fully saturated rings. The van der Waals surface area contributed by atoms with Crippen LogP contribution in [0.15, 0.2) is 57.9 Å². The minimum atomic E-state index is -3.80. The van der Waals surface area contributed by atoms with Crippen molar-refractivity contribution in [3.63, 3.8) is 0 Å². The smallest absolute Gasteiger partial charge is 0.265 e. The summed E-state index contributed by atoms with van der Waals surface area (Å²) in [5, 5.41) is 4.00. The van der Waals surface area contributed by atoms with Gasteiger partial charge in [-0.25, -0.2) is 13.1 Å². The molecule has 2 aliphatic rings. The van der Waals surface area contributed by atoms with Crippen LogP contribution in [0.5, 0.6) is 5.75 Å². The van der Waals surface area contributed by atoms with E-state index in [4.69, 9.17) is 9.26 Å². The fourth-order valence-electron chi connectivity index (χ4n) is 3.67. The van der Waals surface area contributed by atoms with Gasteiger partial charge in [-0.2, -0.15) is 4.98 Å². The van der Waals surface area contributed by atoms with Crippen molar-refractivity contribution in [2.75, 3.05) is 11.5 Å². The van der Waals surface area contributed by atoms with Gasteiger partial charge in [0.2, 0.25) is 15.9 Å². The van der Waals surface area contributed by atoms with E-state index in [-0.39, 0.29) is 36.4 Å². The summed E-state index contributed by atoms with van der Waals surface area (Å²) in [7, 11) is -3.80. The van der Waals surface area contributed by atoms with E-state index in [2.05, 4.69) is 14.9 Å². The number of benzene rings is 2. The molecule has 3 aromatic rings. The number of rotatable bonds is 7. The number of carbonyl (C=O) groups excluding carboxylic acids is 1. The highest BCUT2D eigenvalue weighted by atomic mass is 32.2. The third kappa shape index (κ3) is 4.11. The van der Waals surface area contributed by atoms with Crippen molar-refractivity contribution in [3.05, 3.63) is 65.8 Å². The van der Waals surface area contributed by atoms with Gasteiger partial charge in [-0.05, 0) is 36.6 Å². The highest BCUT2D eigenvalue weighted by Crippen LogP contribution is 2.37. The number of nitrogens with zero attached hydrogens (tertiary/aromatic N) is 3. The van der Waals surface area contributed by atoms with Crippen molar-refractivity contribution >= 4 is 21.6 Å². The maximum absolute atomic E-state index is 12.9. The Morgan fingerprint density at radius 3 is 2.69 bits per heavy atom. The quantitative estimate of drug-likeness (QED) is 0.584. The van der Waals surface area contributed by atoms with Crippen LogP contribution in [0.3, 0.4) is 0 Å². The number of anilines is 1. The Morgan fingerprint density at radius 2 is 1.94 bits per heavy atom. The second kappa shape index (κ2) is 8.36. The molecule has 1 N–H and O–H groups in total. The number of amides is 1. The molecule has 0 atom stereocenters. The molecule has 9 nitrogen and oxygen atoms in total. The Morgan fingerprint density at radius 1 is 1.12 bits per heavy atom. The van der Waals surface area contributed by atoms with Gasteiger partial charge in [0.15, 0.2) is 12.4 Å². The Kier molecular flexibility index (Phi) is 5.40. The standard InChI is InChI=1S/C22H22N4O5S/c27-21-14-30-19-10-9-17(32(28,29)23-12-15-5-2-1-3-6-15)11-18(19)26(21)13-20-24-22(31-25-20)16-7-4-8-16/h1-3,5-6,9-11,16,23H,4,7-8,12-14H2. The number of ether oxygens (including phenoxy) is 1. The van der Waals surface area contributed by atoms with Crippen molar-refractivity contribution < 1.29 is 22.5 Å². The Labute approximate surface area is 185 Å². The average Bonchev–Trinajstić information content (AvgIpc) is 3.21. The molecule has 0 unspecified atom stereocenters. The molecule has 0 radical (unpaired) electrons. The average molecular weight is 455 g/mol. The van der Waals surface area contributed by atoms with E-state index in [1.54, 1.807) is 6.07 Å². The third-order valence-electron chi connectivity index (χ3n) is 5.73. The highest BCUT2D eigenvalue weighted by molar-refractivity contribution is 7.89. The maximum atomic E-state index is 12.9. The second-order valence-electron chi connectivity index (χ2n) is 7.88. The number of sulfonamides is 1. The highest BCUT2D eigenvalue weighted by Gasteiger charge is 2.30. The lowest BCUT2D eigenvalue weighted by atomic mass is 9.85. The third-order valence-corrected chi connectivity index (χ3v) is 7.13. The van der Waals surface area contributed by atoms with Gasteiger partial charge in [0.05, 0.1) is 17.1 Å². The number of aromatic nitrogens is 2. The topological polar surface area (TPSA) is 115 Å². The predicted octanol–water partition coefficient (Wildman–Crippen LogP) is 2.74. The first kappa shape index (κ1) is 20.7. The Hall–Kier alpha value is -3.24. The molecule has 5 rings (SSSR count). The van der Waals surface area contributed by atoms with Gasteiger partial charge >= 0.3 is 0 Å². The van der Waals surface area contributed by atoms with Crippen LogP contribution in [-0.4, -0.2) is 31.1 Å². The van der Waals surface area contributed by atoms with E-state index in [1.807, 2.05) is 30.3 Å². The molecule has 166 valence electrons.